The van der Waals surface area contributed by atoms with Gasteiger partial charge in [-0.05, 0) is 51.2 Å². The molecule has 3 aliphatic rings. The molecule has 3 heterocycles. The summed E-state index contributed by atoms with van der Waals surface area (Å²) in [6.07, 6.45) is 8.03. The standard InChI is InChI=1S/C20H38N4O2S.HI/c1-3-21-19(22-16-20(27-2)7-12-25-13-8-20)23-18-4-9-24(10-5-18)14-17-6-11-26-15-17;/h17-18H,3-16H2,1-2H3,(H2,21,22,23);1H. The Bertz CT molecular complexity index is 463. The smallest absolute Gasteiger partial charge is 0.191 e. The Morgan fingerprint density at radius 1 is 1.14 bits per heavy atom. The minimum absolute atomic E-state index is 0. The lowest BCUT2D eigenvalue weighted by Gasteiger charge is -2.35. The van der Waals surface area contributed by atoms with E-state index < -0.39 is 0 Å². The third kappa shape index (κ3) is 7.49. The number of ether oxygens (including phenoxy) is 2. The Hall–Kier alpha value is 0.230. The van der Waals surface area contributed by atoms with Crippen LogP contribution in [0, 0.1) is 5.92 Å². The van der Waals surface area contributed by atoms with Gasteiger partial charge in [0.2, 0.25) is 0 Å². The van der Waals surface area contributed by atoms with Crippen LogP contribution in [0.25, 0.3) is 0 Å². The van der Waals surface area contributed by atoms with Gasteiger partial charge in [0.25, 0.3) is 0 Å². The first-order chi connectivity index (χ1) is 13.2. The first-order valence-corrected chi connectivity index (χ1v) is 11.9. The van der Waals surface area contributed by atoms with Gasteiger partial charge < -0.3 is 25.0 Å². The predicted octanol–water partition coefficient (Wildman–Crippen LogP) is 2.57. The number of hydrogen-bond acceptors (Lipinski definition) is 5. The van der Waals surface area contributed by atoms with E-state index in [1.165, 1.54) is 38.9 Å². The summed E-state index contributed by atoms with van der Waals surface area (Å²) in [5.41, 5.74) is 0. The van der Waals surface area contributed by atoms with E-state index in [1.54, 1.807) is 0 Å². The number of rotatable bonds is 7. The summed E-state index contributed by atoms with van der Waals surface area (Å²) in [7, 11) is 0. The van der Waals surface area contributed by atoms with Crippen molar-refractivity contribution in [3.05, 3.63) is 0 Å². The molecule has 0 aromatic heterocycles. The number of aliphatic imine (C=N–C) groups is 1. The van der Waals surface area contributed by atoms with Gasteiger partial charge in [-0.2, -0.15) is 11.8 Å². The summed E-state index contributed by atoms with van der Waals surface area (Å²) in [5.74, 6) is 1.73. The fourth-order valence-electron chi connectivity index (χ4n) is 4.26. The van der Waals surface area contributed by atoms with Crippen LogP contribution in [0.3, 0.4) is 0 Å². The lowest BCUT2D eigenvalue weighted by atomic mass is 9.99. The molecular formula is C20H39IN4O2S. The van der Waals surface area contributed by atoms with Crippen molar-refractivity contribution in [1.82, 2.24) is 15.5 Å². The van der Waals surface area contributed by atoms with Crippen LogP contribution in [-0.2, 0) is 9.47 Å². The van der Waals surface area contributed by atoms with Gasteiger partial charge in [0, 0.05) is 56.8 Å². The molecule has 3 aliphatic heterocycles. The summed E-state index contributed by atoms with van der Waals surface area (Å²) in [6.45, 7) is 11.1. The SMILES string of the molecule is CCNC(=NCC1(SC)CCOCC1)NC1CCN(CC2CCOC2)CC1.I. The van der Waals surface area contributed by atoms with Crippen molar-refractivity contribution in [2.45, 2.75) is 49.8 Å². The zero-order chi connectivity index (χ0) is 19.0. The molecular weight excluding hydrogens is 487 g/mol. The van der Waals surface area contributed by atoms with Crippen LogP contribution in [-0.4, -0.2) is 87.1 Å². The largest absolute Gasteiger partial charge is 0.381 e. The molecule has 0 radical (unpaired) electrons. The van der Waals surface area contributed by atoms with Gasteiger partial charge in [0.15, 0.2) is 5.96 Å². The van der Waals surface area contributed by atoms with Gasteiger partial charge >= 0.3 is 0 Å². The molecule has 0 aromatic rings. The van der Waals surface area contributed by atoms with E-state index in [0.29, 0.717) is 6.04 Å². The average molecular weight is 527 g/mol. The molecule has 8 heteroatoms. The van der Waals surface area contributed by atoms with Gasteiger partial charge in [-0.15, -0.1) is 24.0 Å². The minimum atomic E-state index is 0. The van der Waals surface area contributed by atoms with E-state index in [2.05, 4.69) is 28.7 Å². The highest BCUT2D eigenvalue weighted by Gasteiger charge is 2.32. The summed E-state index contributed by atoms with van der Waals surface area (Å²) < 4.78 is 11.3. The number of thioether (sulfide) groups is 1. The number of likely N-dealkylation sites (tertiary alicyclic amines) is 1. The van der Waals surface area contributed by atoms with Crippen molar-refractivity contribution in [3.63, 3.8) is 0 Å². The van der Waals surface area contributed by atoms with Crippen molar-refractivity contribution in [1.29, 1.82) is 0 Å². The van der Waals surface area contributed by atoms with Crippen LogP contribution in [0.2, 0.25) is 0 Å². The van der Waals surface area contributed by atoms with Gasteiger partial charge in [-0.25, -0.2) is 0 Å². The van der Waals surface area contributed by atoms with Gasteiger partial charge in [0.1, 0.15) is 0 Å². The Balaban J connectivity index is 0.00000280. The maximum Gasteiger partial charge on any atom is 0.191 e. The van der Waals surface area contributed by atoms with E-state index in [4.69, 9.17) is 14.5 Å². The van der Waals surface area contributed by atoms with Crippen LogP contribution < -0.4 is 10.6 Å². The molecule has 164 valence electrons. The topological polar surface area (TPSA) is 58.1 Å². The van der Waals surface area contributed by atoms with Crippen LogP contribution in [0.1, 0.15) is 39.0 Å². The highest BCUT2D eigenvalue weighted by molar-refractivity contribution is 14.0. The third-order valence-corrected chi connectivity index (χ3v) is 7.58. The molecule has 1 unspecified atom stereocenters. The lowest BCUT2D eigenvalue weighted by Crippen LogP contribution is -2.49. The molecule has 2 N–H and O–H groups in total. The molecule has 0 saturated carbocycles. The maximum absolute atomic E-state index is 5.55. The molecule has 0 spiro atoms. The van der Waals surface area contributed by atoms with E-state index >= 15 is 0 Å². The number of halogens is 1. The molecule has 6 nitrogen and oxygen atoms in total. The highest BCUT2D eigenvalue weighted by atomic mass is 127. The second kappa shape index (κ2) is 12.8. The monoisotopic (exact) mass is 526 g/mol. The van der Waals surface area contributed by atoms with Crippen molar-refractivity contribution in [2.75, 3.05) is 65.4 Å². The third-order valence-electron chi connectivity index (χ3n) is 6.18. The minimum Gasteiger partial charge on any atom is -0.381 e. The Kier molecular flexibility index (Phi) is 11.2. The first-order valence-electron chi connectivity index (χ1n) is 10.7. The molecule has 3 rings (SSSR count). The van der Waals surface area contributed by atoms with Crippen LogP contribution in [0.4, 0.5) is 0 Å². The van der Waals surface area contributed by atoms with Crippen LogP contribution >= 0.6 is 35.7 Å². The predicted molar refractivity (Wildman–Crippen MR) is 129 cm³/mol. The van der Waals surface area contributed by atoms with Gasteiger partial charge in [-0.3, -0.25) is 4.99 Å². The zero-order valence-electron chi connectivity index (χ0n) is 17.6. The van der Waals surface area contributed by atoms with Crippen molar-refractivity contribution >= 4 is 41.7 Å². The van der Waals surface area contributed by atoms with E-state index in [0.717, 1.165) is 64.2 Å². The summed E-state index contributed by atoms with van der Waals surface area (Å²) in [5, 5.41) is 7.15. The Morgan fingerprint density at radius 2 is 1.89 bits per heavy atom. The van der Waals surface area contributed by atoms with Crippen molar-refractivity contribution < 1.29 is 9.47 Å². The summed E-state index contributed by atoms with van der Waals surface area (Å²) >= 11 is 1.96. The van der Waals surface area contributed by atoms with E-state index in [-0.39, 0.29) is 28.7 Å². The van der Waals surface area contributed by atoms with Crippen molar-refractivity contribution in [2.24, 2.45) is 10.9 Å². The van der Waals surface area contributed by atoms with Gasteiger partial charge in [0.05, 0.1) is 13.2 Å². The summed E-state index contributed by atoms with van der Waals surface area (Å²) in [4.78, 5) is 7.58. The second-order valence-electron chi connectivity index (χ2n) is 8.14. The quantitative estimate of drug-likeness (QED) is 0.302. The average Bonchev–Trinajstić information content (AvgIpc) is 3.22. The molecule has 3 saturated heterocycles. The number of guanidine groups is 1. The van der Waals surface area contributed by atoms with E-state index in [9.17, 15) is 0 Å². The number of hydrogen-bond donors (Lipinski definition) is 2. The Labute approximate surface area is 192 Å². The maximum atomic E-state index is 5.55. The fourth-order valence-corrected chi connectivity index (χ4v) is 5.03. The second-order valence-corrected chi connectivity index (χ2v) is 9.42. The van der Waals surface area contributed by atoms with Gasteiger partial charge in [-0.1, -0.05) is 0 Å². The number of nitrogens with zero attached hydrogens (tertiary/aromatic N) is 2. The molecule has 1 atom stereocenters. The van der Waals surface area contributed by atoms with Crippen molar-refractivity contribution in [3.8, 4) is 0 Å². The summed E-state index contributed by atoms with van der Waals surface area (Å²) in [6, 6.07) is 0.527. The molecule has 0 aliphatic carbocycles. The number of nitrogens with one attached hydrogen (secondary N) is 2. The normalized spacial score (nSPS) is 26.6. The van der Waals surface area contributed by atoms with E-state index in [1.807, 2.05) is 11.8 Å². The fraction of sp³-hybridized carbons (Fsp3) is 0.950. The Morgan fingerprint density at radius 3 is 2.50 bits per heavy atom. The molecule has 0 aromatic carbocycles. The molecule has 28 heavy (non-hydrogen) atoms. The van der Waals surface area contributed by atoms with Crippen LogP contribution in [0.15, 0.2) is 4.99 Å². The molecule has 0 bridgehead atoms. The molecule has 3 fully saturated rings. The highest BCUT2D eigenvalue weighted by Crippen LogP contribution is 2.34. The van der Waals surface area contributed by atoms with Crippen LogP contribution in [0.5, 0.6) is 0 Å². The first kappa shape index (κ1) is 24.5. The molecule has 0 amide bonds. The lowest BCUT2D eigenvalue weighted by molar-refractivity contribution is 0.0794. The zero-order valence-corrected chi connectivity index (χ0v) is 20.7. The number of piperidine rings is 1.